The van der Waals surface area contributed by atoms with Crippen LogP contribution in [0, 0.1) is 26.6 Å². The zero-order valence-electron chi connectivity index (χ0n) is 10.2. The van der Waals surface area contributed by atoms with E-state index in [-0.39, 0.29) is 5.82 Å². The van der Waals surface area contributed by atoms with E-state index in [0.29, 0.717) is 17.1 Å². The van der Waals surface area contributed by atoms with Crippen molar-refractivity contribution in [3.8, 4) is 0 Å². The largest absolute Gasteiger partial charge is 0.347 e. The molecule has 0 unspecified atom stereocenters. The van der Waals surface area contributed by atoms with Gasteiger partial charge in [0, 0.05) is 22.5 Å². The van der Waals surface area contributed by atoms with Gasteiger partial charge in [-0.25, -0.2) is 4.39 Å². The maximum Gasteiger partial charge on any atom is 0.128 e. The van der Waals surface area contributed by atoms with Crippen LogP contribution in [0.15, 0.2) is 24.4 Å². The zero-order chi connectivity index (χ0) is 12.6. The number of rotatable bonds is 2. The fraction of sp³-hybridized carbons (Fsp3) is 0.286. The molecular weight excluding hydrogens is 237 g/mol. The van der Waals surface area contributed by atoms with Crippen molar-refractivity contribution in [2.75, 3.05) is 0 Å². The normalized spacial score (nSPS) is 10.9. The first-order valence-electron chi connectivity index (χ1n) is 5.56. The third kappa shape index (κ3) is 2.37. The van der Waals surface area contributed by atoms with Crippen molar-refractivity contribution in [3.05, 3.63) is 57.6 Å². The van der Waals surface area contributed by atoms with Gasteiger partial charge in [0.15, 0.2) is 0 Å². The number of aryl methyl sites for hydroxylation is 1. The summed E-state index contributed by atoms with van der Waals surface area (Å²) < 4.78 is 15.7. The van der Waals surface area contributed by atoms with Gasteiger partial charge in [-0.15, -0.1) is 0 Å². The average molecular weight is 252 g/mol. The molecule has 1 aromatic heterocycles. The summed E-state index contributed by atoms with van der Waals surface area (Å²) in [6, 6.07) is 4.66. The van der Waals surface area contributed by atoms with Crippen LogP contribution >= 0.6 is 11.6 Å². The van der Waals surface area contributed by atoms with Gasteiger partial charge in [0.2, 0.25) is 0 Å². The minimum absolute atomic E-state index is 0.210. The van der Waals surface area contributed by atoms with Crippen molar-refractivity contribution in [1.82, 2.24) is 4.57 Å². The third-order valence-corrected chi connectivity index (χ3v) is 3.50. The summed E-state index contributed by atoms with van der Waals surface area (Å²) in [5, 5.41) is 0.569. The minimum atomic E-state index is -0.210. The van der Waals surface area contributed by atoms with E-state index < -0.39 is 0 Å². The zero-order valence-corrected chi connectivity index (χ0v) is 11.0. The highest BCUT2D eigenvalue weighted by Crippen LogP contribution is 2.20. The maximum atomic E-state index is 13.6. The van der Waals surface area contributed by atoms with Crippen LogP contribution in [-0.2, 0) is 6.54 Å². The number of aromatic nitrogens is 1. The van der Waals surface area contributed by atoms with Gasteiger partial charge in [-0.1, -0.05) is 11.6 Å². The molecule has 1 aromatic carbocycles. The molecule has 0 aliphatic carbocycles. The number of hydrogen-bond acceptors (Lipinski definition) is 0. The molecule has 90 valence electrons. The Labute approximate surface area is 106 Å². The quantitative estimate of drug-likeness (QED) is 0.752. The summed E-state index contributed by atoms with van der Waals surface area (Å²) in [5.74, 6) is -0.210. The fourth-order valence-corrected chi connectivity index (χ4v) is 2.14. The minimum Gasteiger partial charge on any atom is -0.347 e. The molecule has 1 heterocycles. The molecule has 3 heteroatoms. The monoisotopic (exact) mass is 251 g/mol. The first kappa shape index (κ1) is 12.2. The highest BCUT2D eigenvalue weighted by atomic mass is 35.5. The van der Waals surface area contributed by atoms with Crippen molar-refractivity contribution in [3.63, 3.8) is 0 Å². The molecule has 0 atom stereocenters. The lowest BCUT2D eigenvalue weighted by molar-refractivity contribution is 0.597. The lowest BCUT2D eigenvalue weighted by atomic mass is 10.2. The fourth-order valence-electron chi connectivity index (χ4n) is 1.94. The van der Waals surface area contributed by atoms with E-state index in [1.807, 2.05) is 13.1 Å². The molecule has 0 radical (unpaired) electrons. The van der Waals surface area contributed by atoms with Gasteiger partial charge in [-0.05, 0) is 50.1 Å². The Balaban J connectivity index is 2.37. The predicted molar refractivity (Wildman–Crippen MR) is 69.2 cm³/mol. The van der Waals surface area contributed by atoms with Crippen molar-refractivity contribution in [1.29, 1.82) is 0 Å². The van der Waals surface area contributed by atoms with Gasteiger partial charge >= 0.3 is 0 Å². The molecule has 0 amide bonds. The highest BCUT2D eigenvalue weighted by Gasteiger charge is 2.08. The Hall–Kier alpha value is -1.28. The second kappa shape index (κ2) is 4.53. The van der Waals surface area contributed by atoms with E-state index in [1.165, 1.54) is 22.9 Å². The van der Waals surface area contributed by atoms with Crippen LogP contribution in [0.3, 0.4) is 0 Å². The Morgan fingerprint density at radius 2 is 1.94 bits per heavy atom. The molecule has 0 N–H and O–H groups in total. The van der Waals surface area contributed by atoms with Crippen LogP contribution in [0.2, 0.25) is 5.02 Å². The van der Waals surface area contributed by atoms with E-state index in [2.05, 4.69) is 18.4 Å². The Bertz CT molecular complexity index is 558. The van der Waals surface area contributed by atoms with Gasteiger partial charge in [-0.3, -0.25) is 0 Å². The lowest BCUT2D eigenvalue weighted by Gasteiger charge is -2.08. The van der Waals surface area contributed by atoms with Crippen molar-refractivity contribution >= 4 is 11.6 Å². The summed E-state index contributed by atoms with van der Waals surface area (Å²) in [6.07, 6.45) is 2.05. The Kier molecular flexibility index (Phi) is 3.25. The molecule has 2 aromatic rings. The molecule has 17 heavy (non-hydrogen) atoms. The first-order chi connectivity index (χ1) is 7.99. The molecule has 2 rings (SSSR count). The number of hydrogen-bond donors (Lipinski definition) is 0. The molecule has 0 spiro atoms. The molecule has 0 aliphatic rings. The predicted octanol–water partition coefficient (Wildman–Crippen LogP) is 4.25. The van der Waals surface area contributed by atoms with E-state index in [1.54, 1.807) is 12.1 Å². The van der Waals surface area contributed by atoms with E-state index in [9.17, 15) is 4.39 Å². The van der Waals surface area contributed by atoms with E-state index in [0.717, 1.165) is 0 Å². The molecule has 0 bridgehead atoms. The summed E-state index contributed by atoms with van der Waals surface area (Å²) in [5.41, 5.74) is 4.27. The van der Waals surface area contributed by atoms with Gasteiger partial charge < -0.3 is 4.57 Å². The molecule has 0 aliphatic heterocycles. The highest BCUT2D eigenvalue weighted by molar-refractivity contribution is 6.30. The lowest BCUT2D eigenvalue weighted by Crippen LogP contribution is -2.02. The number of benzene rings is 1. The maximum absolute atomic E-state index is 13.6. The van der Waals surface area contributed by atoms with Gasteiger partial charge in [0.1, 0.15) is 5.82 Å². The topological polar surface area (TPSA) is 4.93 Å². The number of halogens is 2. The molecule has 1 nitrogen and oxygen atoms in total. The van der Waals surface area contributed by atoms with Crippen molar-refractivity contribution in [2.24, 2.45) is 0 Å². The second-order valence-corrected chi connectivity index (χ2v) is 4.82. The summed E-state index contributed by atoms with van der Waals surface area (Å²) in [4.78, 5) is 0. The van der Waals surface area contributed by atoms with Crippen LogP contribution in [0.1, 0.15) is 22.4 Å². The second-order valence-electron chi connectivity index (χ2n) is 4.39. The Morgan fingerprint density at radius 3 is 2.53 bits per heavy atom. The third-order valence-electron chi connectivity index (χ3n) is 3.26. The molecule has 0 saturated carbocycles. The van der Waals surface area contributed by atoms with E-state index >= 15 is 0 Å². The molecule has 0 fully saturated rings. The van der Waals surface area contributed by atoms with Gasteiger partial charge in [-0.2, -0.15) is 0 Å². The van der Waals surface area contributed by atoms with Crippen LogP contribution < -0.4 is 0 Å². The van der Waals surface area contributed by atoms with E-state index in [4.69, 9.17) is 11.6 Å². The van der Waals surface area contributed by atoms with Crippen LogP contribution in [-0.4, -0.2) is 4.57 Å². The van der Waals surface area contributed by atoms with Gasteiger partial charge in [0.05, 0.1) is 6.54 Å². The van der Waals surface area contributed by atoms with Crippen LogP contribution in [0.5, 0.6) is 0 Å². The summed E-state index contributed by atoms with van der Waals surface area (Å²) in [7, 11) is 0. The van der Waals surface area contributed by atoms with Crippen LogP contribution in [0.4, 0.5) is 4.39 Å². The van der Waals surface area contributed by atoms with Crippen molar-refractivity contribution in [2.45, 2.75) is 27.3 Å². The smallest absolute Gasteiger partial charge is 0.128 e. The SMILES string of the molecule is Cc1cn(Cc2cc(Cl)ccc2F)c(C)c1C. The average Bonchev–Trinajstić information content (AvgIpc) is 2.52. The Morgan fingerprint density at radius 1 is 1.24 bits per heavy atom. The van der Waals surface area contributed by atoms with Gasteiger partial charge in [0.25, 0.3) is 0 Å². The summed E-state index contributed by atoms with van der Waals surface area (Å²) >= 11 is 5.88. The standard InChI is InChI=1S/C14H15ClFN/c1-9-7-17(11(3)10(9)2)8-12-6-13(15)4-5-14(12)16/h4-7H,8H2,1-3H3. The molecular formula is C14H15ClFN. The van der Waals surface area contributed by atoms with Crippen molar-refractivity contribution < 1.29 is 4.39 Å². The first-order valence-corrected chi connectivity index (χ1v) is 5.93. The van der Waals surface area contributed by atoms with Crippen LogP contribution in [0.25, 0.3) is 0 Å². The number of nitrogens with zero attached hydrogens (tertiary/aromatic N) is 1. The summed E-state index contributed by atoms with van der Waals surface area (Å²) in [6.45, 7) is 6.71. The molecule has 0 saturated heterocycles.